The monoisotopic (exact) mass is 200 g/mol. The third-order valence-electron chi connectivity index (χ3n) is 2.89. The maximum absolute atomic E-state index is 9.63. The van der Waals surface area contributed by atoms with E-state index in [0.717, 1.165) is 0 Å². The van der Waals surface area contributed by atoms with Crippen LogP contribution in [0, 0.1) is 0 Å². The third-order valence-corrected chi connectivity index (χ3v) is 2.89. The molecule has 1 fully saturated rings. The van der Waals surface area contributed by atoms with Crippen molar-refractivity contribution in [2.24, 2.45) is 0 Å². The van der Waals surface area contributed by atoms with E-state index in [2.05, 4.69) is 24.3 Å². The molecule has 14 heavy (non-hydrogen) atoms. The summed E-state index contributed by atoms with van der Waals surface area (Å²) in [6, 6.07) is 1.17. The third kappa shape index (κ3) is 3.56. The van der Waals surface area contributed by atoms with E-state index in [0.29, 0.717) is 18.6 Å². The summed E-state index contributed by atoms with van der Waals surface area (Å²) in [4.78, 5) is 0. The highest BCUT2D eigenvalue weighted by atomic mass is 16.3. The molecule has 2 atom stereocenters. The van der Waals surface area contributed by atoms with E-state index in [4.69, 9.17) is 0 Å². The van der Waals surface area contributed by atoms with E-state index in [1.807, 2.05) is 13.8 Å². The molecule has 2 unspecified atom stereocenters. The lowest BCUT2D eigenvalue weighted by molar-refractivity contribution is 0.000785. The van der Waals surface area contributed by atoms with Crippen LogP contribution in [0.25, 0.3) is 0 Å². The lowest BCUT2D eigenvalue weighted by Crippen LogP contribution is -2.55. The first-order valence-electron chi connectivity index (χ1n) is 5.64. The molecular weight excluding hydrogens is 176 g/mol. The number of hydrazine groups is 1. The van der Waals surface area contributed by atoms with Crippen LogP contribution in [0.3, 0.4) is 0 Å². The highest BCUT2D eigenvalue weighted by molar-refractivity contribution is 4.78. The molecule has 0 aromatic heterocycles. The van der Waals surface area contributed by atoms with Crippen LogP contribution in [-0.4, -0.2) is 34.3 Å². The fourth-order valence-electron chi connectivity index (χ4n) is 2.02. The van der Waals surface area contributed by atoms with Crippen molar-refractivity contribution in [3.05, 3.63) is 0 Å². The molecule has 0 spiro atoms. The van der Waals surface area contributed by atoms with Crippen LogP contribution in [-0.2, 0) is 0 Å². The van der Waals surface area contributed by atoms with Crippen LogP contribution in [0.2, 0.25) is 0 Å². The van der Waals surface area contributed by atoms with Crippen molar-refractivity contribution in [3.63, 3.8) is 0 Å². The molecule has 0 aromatic carbocycles. The molecule has 84 valence electrons. The quantitative estimate of drug-likeness (QED) is 0.725. The minimum atomic E-state index is -0.628. The maximum atomic E-state index is 9.63. The van der Waals surface area contributed by atoms with E-state index in [1.165, 1.54) is 19.3 Å². The van der Waals surface area contributed by atoms with Gasteiger partial charge in [0.05, 0.1) is 5.60 Å². The van der Waals surface area contributed by atoms with Crippen LogP contribution in [0.5, 0.6) is 0 Å². The molecule has 1 heterocycles. The lowest BCUT2D eigenvalue weighted by atomic mass is 10.00. The largest absolute Gasteiger partial charge is 0.389 e. The van der Waals surface area contributed by atoms with Crippen LogP contribution >= 0.6 is 0 Å². The summed E-state index contributed by atoms with van der Waals surface area (Å²) < 4.78 is 0. The maximum Gasteiger partial charge on any atom is 0.0729 e. The smallest absolute Gasteiger partial charge is 0.0729 e. The molecule has 0 amide bonds. The van der Waals surface area contributed by atoms with E-state index < -0.39 is 5.60 Å². The van der Waals surface area contributed by atoms with E-state index in [-0.39, 0.29) is 0 Å². The number of nitrogens with zero attached hydrogens (tertiary/aromatic N) is 1. The molecule has 1 aliphatic rings. The second-order valence-electron chi connectivity index (χ2n) is 5.18. The molecule has 0 aromatic rings. The molecule has 1 rings (SSSR count). The van der Waals surface area contributed by atoms with Gasteiger partial charge in [0.1, 0.15) is 0 Å². The van der Waals surface area contributed by atoms with Gasteiger partial charge in [-0.15, -0.1) is 0 Å². The van der Waals surface area contributed by atoms with Gasteiger partial charge in [0, 0.05) is 18.6 Å². The van der Waals surface area contributed by atoms with Crippen molar-refractivity contribution in [1.82, 2.24) is 10.4 Å². The first kappa shape index (κ1) is 12.0. The number of rotatable bonds is 3. The average molecular weight is 200 g/mol. The average Bonchev–Trinajstić information content (AvgIpc) is 2.01. The SMILES string of the molecule is CC1CCCC(C)N1NCC(C)(C)O. The van der Waals surface area contributed by atoms with Gasteiger partial charge in [-0.1, -0.05) is 6.42 Å². The number of piperidine rings is 1. The van der Waals surface area contributed by atoms with Crippen molar-refractivity contribution in [2.45, 2.75) is 64.6 Å². The Morgan fingerprint density at radius 3 is 2.21 bits per heavy atom. The molecule has 3 heteroatoms. The lowest BCUT2D eigenvalue weighted by Gasteiger charge is -2.40. The molecule has 1 saturated heterocycles. The predicted molar refractivity (Wildman–Crippen MR) is 58.9 cm³/mol. The van der Waals surface area contributed by atoms with Crippen molar-refractivity contribution in [3.8, 4) is 0 Å². The predicted octanol–water partition coefficient (Wildman–Crippen LogP) is 1.52. The van der Waals surface area contributed by atoms with Gasteiger partial charge in [-0.2, -0.15) is 0 Å². The Labute approximate surface area is 87.5 Å². The minimum Gasteiger partial charge on any atom is -0.389 e. The Hall–Kier alpha value is -0.120. The van der Waals surface area contributed by atoms with Gasteiger partial charge in [0.25, 0.3) is 0 Å². The number of aliphatic hydroxyl groups is 1. The van der Waals surface area contributed by atoms with Gasteiger partial charge < -0.3 is 5.11 Å². The highest BCUT2D eigenvalue weighted by Gasteiger charge is 2.25. The van der Waals surface area contributed by atoms with E-state index in [1.54, 1.807) is 0 Å². The van der Waals surface area contributed by atoms with Gasteiger partial charge in [0.15, 0.2) is 0 Å². The summed E-state index contributed by atoms with van der Waals surface area (Å²) in [5, 5.41) is 11.9. The number of nitrogens with one attached hydrogen (secondary N) is 1. The fourth-order valence-corrected chi connectivity index (χ4v) is 2.02. The summed E-state index contributed by atoms with van der Waals surface area (Å²) in [6.45, 7) is 8.78. The van der Waals surface area contributed by atoms with Crippen LogP contribution < -0.4 is 5.43 Å². The standard InChI is InChI=1S/C11H24N2O/c1-9-6-5-7-10(2)13(9)12-8-11(3,4)14/h9-10,12,14H,5-8H2,1-4H3. The molecule has 0 bridgehead atoms. The molecule has 0 aliphatic carbocycles. The van der Waals surface area contributed by atoms with Crippen LogP contribution in [0.15, 0.2) is 0 Å². The van der Waals surface area contributed by atoms with Gasteiger partial charge in [-0.05, 0) is 40.5 Å². The minimum absolute atomic E-state index is 0.584. The van der Waals surface area contributed by atoms with Crippen molar-refractivity contribution in [2.75, 3.05) is 6.54 Å². The van der Waals surface area contributed by atoms with Gasteiger partial charge in [0.2, 0.25) is 0 Å². The van der Waals surface area contributed by atoms with E-state index in [9.17, 15) is 5.11 Å². The topological polar surface area (TPSA) is 35.5 Å². The zero-order chi connectivity index (χ0) is 10.8. The van der Waals surface area contributed by atoms with Gasteiger partial charge >= 0.3 is 0 Å². The van der Waals surface area contributed by atoms with Crippen molar-refractivity contribution < 1.29 is 5.11 Å². The summed E-state index contributed by atoms with van der Waals surface area (Å²) in [7, 11) is 0. The van der Waals surface area contributed by atoms with Gasteiger partial charge in [-0.3, -0.25) is 5.43 Å². The Bertz CT molecular complexity index is 167. The van der Waals surface area contributed by atoms with Gasteiger partial charge in [-0.25, -0.2) is 5.01 Å². The molecule has 2 N–H and O–H groups in total. The Morgan fingerprint density at radius 1 is 1.29 bits per heavy atom. The first-order chi connectivity index (χ1) is 6.40. The summed E-state index contributed by atoms with van der Waals surface area (Å²) in [6.07, 6.45) is 3.83. The fraction of sp³-hybridized carbons (Fsp3) is 1.00. The summed E-state index contributed by atoms with van der Waals surface area (Å²) >= 11 is 0. The highest BCUT2D eigenvalue weighted by Crippen LogP contribution is 2.20. The van der Waals surface area contributed by atoms with Crippen LogP contribution in [0.1, 0.15) is 47.0 Å². The number of hydrogen-bond acceptors (Lipinski definition) is 3. The Balaban J connectivity index is 2.40. The molecule has 1 aliphatic heterocycles. The zero-order valence-corrected chi connectivity index (χ0v) is 9.88. The zero-order valence-electron chi connectivity index (χ0n) is 9.88. The second kappa shape index (κ2) is 4.60. The van der Waals surface area contributed by atoms with Crippen LogP contribution in [0.4, 0.5) is 0 Å². The second-order valence-corrected chi connectivity index (χ2v) is 5.18. The molecule has 0 radical (unpaired) electrons. The summed E-state index contributed by atoms with van der Waals surface area (Å²) in [5.41, 5.74) is 2.72. The van der Waals surface area contributed by atoms with Crippen molar-refractivity contribution >= 4 is 0 Å². The summed E-state index contributed by atoms with van der Waals surface area (Å²) in [5.74, 6) is 0. The van der Waals surface area contributed by atoms with Crippen molar-refractivity contribution in [1.29, 1.82) is 0 Å². The molecule has 0 saturated carbocycles. The molecule has 3 nitrogen and oxygen atoms in total. The normalized spacial score (nSPS) is 30.6. The number of hydrogen-bond donors (Lipinski definition) is 2. The van der Waals surface area contributed by atoms with E-state index >= 15 is 0 Å². The Kier molecular flexibility index (Phi) is 3.93. The first-order valence-corrected chi connectivity index (χ1v) is 5.64. The molecular formula is C11H24N2O. The Morgan fingerprint density at radius 2 is 1.79 bits per heavy atom.